The molecule has 4 aliphatic carbocycles. The van der Waals surface area contributed by atoms with Gasteiger partial charge in [0, 0.05) is 6.42 Å². The average Bonchev–Trinajstić information content (AvgIpc) is 3.05. The van der Waals surface area contributed by atoms with Crippen LogP contribution in [0.3, 0.4) is 0 Å². The van der Waals surface area contributed by atoms with Crippen LogP contribution in [0, 0.1) is 46.3 Å². The van der Waals surface area contributed by atoms with E-state index >= 15 is 0 Å². The van der Waals surface area contributed by atoms with Crippen molar-refractivity contribution in [2.24, 2.45) is 46.3 Å². The van der Waals surface area contributed by atoms with Crippen LogP contribution in [0.2, 0.25) is 0 Å². The number of rotatable bonds is 4. The molecule has 0 aliphatic heterocycles. The molecular formula is C25H40O3. The zero-order chi connectivity index (χ0) is 20.1. The van der Waals surface area contributed by atoms with E-state index in [4.69, 9.17) is 4.74 Å². The predicted octanol–water partition coefficient (Wildman–Crippen LogP) is 5.37. The highest BCUT2D eigenvalue weighted by atomic mass is 16.5. The molecule has 9 atom stereocenters. The van der Waals surface area contributed by atoms with Gasteiger partial charge in [0.1, 0.15) is 0 Å². The highest BCUT2D eigenvalue weighted by Crippen LogP contribution is 2.67. The molecule has 0 aromatic carbocycles. The number of esters is 1. The van der Waals surface area contributed by atoms with Gasteiger partial charge in [-0.15, -0.1) is 0 Å². The van der Waals surface area contributed by atoms with E-state index < -0.39 is 0 Å². The summed E-state index contributed by atoms with van der Waals surface area (Å²) in [5.41, 5.74) is 0.402. The zero-order valence-corrected chi connectivity index (χ0v) is 18.3. The Bertz CT molecular complexity index is 627. The first-order valence-electron chi connectivity index (χ1n) is 11.7. The van der Waals surface area contributed by atoms with Crippen molar-refractivity contribution in [3.05, 3.63) is 12.2 Å². The summed E-state index contributed by atoms with van der Waals surface area (Å²) in [5, 5.41) is 11.5. The van der Waals surface area contributed by atoms with Crippen molar-refractivity contribution in [2.75, 3.05) is 7.11 Å². The standard InChI is InChI=1S/C25H40O3/c1-16(8-13-23(27)28-4)19-11-12-20-18-10-9-17-7-5-6-14-24(17,2)21(18)15-22(26)25(19,20)3/h5,7,16-22,26H,6,8-15H2,1-4H3/t16-,17+,18+,19-,20+,21+,22+,24-,25-/m0/s1. The van der Waals surface area contributed by atoms with Gasteiger partial charge < -0.3 is 9.84 Å². The second-order valence-electron chi connectivity index (χ2n) is 10.9. The van der Waals surface area contributed by atoms with Crippen LogP contribution in [0.1, 0.15) is 78.6 Å². The first-order valence-corrected chi connectivity index (χ1v) is 11.7. The van der Waals surface area contributed by atoms with Gasteiger partial charge in [0.2, 0.25) is 0 Å². The van der Waals surface area contributed by atoms with Crippen LogP contribution in [0.25, 0.3) is 0 Å². The number of ether oxygens (including phenoxy) is 1. The molecule has 3 fully saturated rings. The van der Waals surface area contributed by atoms with Crippen molar-refractivity contribution in [1.82, 2.24) is 0 Å². The summed E-state index contributed by atoms with van der Waals surface area (Å²) < 4.78 is 4.85. The van der Waals surface area contributed by atoms with Gasteiger partial charge >= 0.3 is 5.97 Å². The molecule has 4 aliphatic rings. The summed E-state index contributed by atoms with van der Waals surface area (Å²) in [5.74, 6) is 3.70. The molecule has 0 aromatic rings. The van der Waals surface area contributed by atoms with Gasteiger partial charge in [0.25, 0.3) is 0 Å². The van der Waals surface area contributed by atoms with Crippen molar-refractivity contribution in [1.29, 1.82) is 0 Å². The van der Waals surface area contributed by atoms with E-state index in [1.54, 1.807) is 0 Å². The fraction of sp³-hybridized carbons (Fsp3) is 0.880. The average molecular weight is 389 g/mol. The van der Waals surface area contributed by atoms with E-state index in [0.717, 1.165) is 24.7 Å². The molecule has 0 spiro atoms. The number of methoxy groups -OCH3 is 1. The highest BCUT2D eigenvalue weighted by molar-refractivity contribution is 5.69. The first kappa shape index (κ1) is 20.4. The minimum absolute atomic E-state index is 0.0183. The molecule has 4 rings (SSSR count). The minimum Gasteiger partial charge on any atom is -0.469 e. The summed E-state index contributed by atoms with van der Waals surface area (Å²) >= 11 is 0. The monoisotopic (exact) mass is 388 g/mol. The third-order valence-corrected chi connectivity index (χ3v) is 10.1. The molecule has 28 heavy (non-hydrogen) atoms. The Morgan fingerprint density at radius 1 is 1.21 bits per heavy atom. The fourth-order valence-electron chi connectivity index (χ4n) is 8.40. The van der Waals surface area contributed by atoms with Crippen molar-refractivity contribution < 1.29 is 14.6 Å². The number of hydrogen-bond donors (Lipinski definition) is 1. The molecule has 0 bridgehead atoms. The number of aliphatic hydroxyl groups is 1. The second-order valence-corrected chi connectivity index (χ2v) is 10.9. The van der Waals surface area contributed by atoms with Gasteiger partial charge in [-0.3, -0.25) is 4.79 Å². The number of allylic oxidation sites excluding steroid dienone is 2. The third kappa shape index (κ3) is 2.99. The van der Waals surface area contributed by atoms with Crippen molar-refractivity contribution in [2.45, 2.75) is 84.7 Å². The number of carbonyl (C=O) groups is 1. The molecule has 0 heterocycles. The number of aliphatic hydroxyl groups excluding tert-OH is 1. The van der Waals surface area contributed by atoms with E-state index in [-0.39, 0.29) is 17.5 Å². The Labute approximate surface area is 171 Å². The molecule has 3 saturated carbocycles. The maximum Gasteiger partial charge on any atom is 0.305 e. The van der Waals surface area contributed by atoms with Gasteiger partial charge in [0.15, 0.2) is 0 Å². The number of hydrogen-bond acceptors (Lipinski definition) is 3. The van der Waals surface area contributed by atoms with E-state index in [1.807, 2.05) is 0 Å². The van der Waals surface area contributed by atoms with Gasteiger partial charge in [-0.05, 0) is 97.7 Å². The van der Waals surface area contributed by atoms with E-state index in [9.17, 15) is 9.90 Å². The highest BCUT2D eigenvalue weighted by Gasteiger charge is 2.63. The van der Waals surface area contributed by atoms with Gasteiger partial charge in [-0.1, -0.05) is 32.9 Å². The quantitative estimate of drug-likeness (QED) is 0.520. The van der Waals surface area contributed by atoms with E-state index in [1.165, 1.54) is 45.6 Å². The summed E-state index contributed by atoms with van der Waals surface area (Å²) in [6, 6.07) is 0. The molecule has 3 nitrogen and oxygen atoms in total. The number of carbonyl (C=O) groups excluding carboxylic acids is 1. The van der Waals surface area contributed by atoms with Crippen LogP contribution in [-0.2, 0) is 9.53 Å². The lowest BCUT2D eigenvalue weighted by atomic mass is 9.44. The van der Waals surface area contributed by atoms with Gasteiger partial charge in [-0.25, -0.2) is 0 Å². The van der Waals surface area contributed by atoms with Crippen LogP contribution in [-0.4, -0.2) is 24.3 Å². The SMILES string of the molecule is COC(=O)CC[C@H](C)[C@@H]1CC[C@@H]2[C@H]3CC[C@H]4C=CCC[C@]4(C)[C@@H]3C[C@@H](O)[C@]21C. The molecule has 0 unspecified atom stereocenters. The summed E-state index contributed by atoms with van der Waals surface area (Å²) in [6.45, 7) is 7.21. The molecule has 158 valence electrons. The Balaban J connectivity index is 1.55. The maximum atomic E-state index is 11.6. The van der Waals surface area contributed by atoms with Crippen LogP contribution in [0.15, 0.2) is 12.2 Å². The Morgan fingerprint density at radius 3 is 2.75 bits per heavy atom. The topological polar surface area (TPSA) is 46.5 Å². The van der Waals surface area contributed by atoms with Crippen LogP contribution in [0.4, 0.5) is 0 Å². The smallest absolute Gasteiger partial charge is 0.305 e. The lowest BCUT2D eigenvalue weighted by molar-refractivity contribution is -0.159. The third-order valence-electron chi connectivity index (χ3n) is 10.1. The molecular weight excluding hydrogens is 348 g/mol. The summed E-state index contributed by atoms with van der Waals surface area (Å²) in [4.78, 5) is 11.6. The lowest BCUT2D eigenvalue weighted by Gasteiger charge is -2.61. The molecule has 0 aromatic heterocycles. The molecule has 0 saturated heterocycles. The Hall–Kier alpha value is -0.830. The van der Waals surface area contributed by atoms with Crippen LogP contribution < -0.4 is 0 Å². The fourth-order valence-corrected chi connectivity index (χ4v) is 8.40. The van der Waals surface area contributed by atoms with Gasteiger partial charge in [-0.2, -0.15) is 0 Å². The van der Waals surface area contributed by atoms with Crippen molar-refractivity contribution in [3.8, 4) is 0 Å². The van der Waals surface area contributed by atoms with E-state index in [0.29, 0.717) is 35.5 Å². The van der Waals surface area contributed by atoms with Crippen LogP contribution >= 0.6 is 0 Å². The zero-order valence-electron chi connectivity index (χ0n) is 18.3. The minimum atomic E-state index is -0.201. The molecule has 3 heteroatoms. The van der Waals surface area contributed by atoms with Crippen molar-refractivity contribution >= 4 is 5.97 Å². The molecule has 0 radical (unpaired) electrons. The largest absolute Gasteiger partial charge is 0.469 e. The normalized spacial score (nSPS) is 48.3. The van der Waals surface area contributed by atoms with Crippen LogP contribution in [0.5, 0.6) is 0 Å². The Morgan fingerprint density at radius 2 is 2.00 bits per heavy atom. The second kappa shape index (κ2) is 7.45. The van der Waals surface area contributed by atoms with Crippen molar-refractivity contribution in [3.63, 3.8) is 0 Å². The maximum absolute atomic E-state index is 11.6. The van der Waals surface area contributed by atoms with Gasteiger partial charge in [0.05, 0.1) is 13.2 Å². The summed E-state index contributed by atoms with van der Waals surface area (Å²) in [7, 11) is 1.47. The first-order chi connectivity index (χ1) is 13.3. The summed E-state index contributed by atoms with van der Waals surface area (Å²) in [6.07, 6.45) is 14.7. The number of fused-ring (bicyclic) bond motifs is 5. The lowest BCUT2D eigenvalue weighted by Crippen LogP contribution is -2.57. The Kier molecular flexibility index (Phi) is 5.44. The molecule has 0 amide bonds. The predicted molar refractivity (Wildman–Crippen MR) is 112 cm³/mol. The van der Waals surface area contributed by atoms with E-state index in [2.05, 4.69) is 32.9 Å². The molecule has 1 N–H and O–H groups in total.